The number of rotatable bonds is 4. The molecule has 3 heterocycles. The molecule has 0 saturated heterocycles. The second kappa shape index (κ2) is 6.62. The molecule has 5 rings (SSSR count). The molecular formula is C21H24N2O4. The normalized spacial score (nSPS) is 19.9. The van der Waals surface area contributed by atoms with Gasteiger partial charge in [-0.2, -0.15) is 0 Å². The van der Waals surface area contributed by atoms with Gasteiger partial charge >= 0.3 is 0 Å². The molecule has 142 valence electrons. The smallest absolute Gasteiger partial charge is 0.231 e. The van der Waals surface area contributed by atoms with Gasteiger partial charge in [0.15, 0.2) is 11.5 Å². The Labute approximate surface area is 158 Å². The molecule has 1 unspecified atom stereocenters. The van der Waals surface area contributed by atoms with Crippen molar-refractivity contribution in [3.05, 3.63) is 46.5 Å². The van der Waals surface area contributed by atoms with Gasteiger partial charge in [-0.05, 0) is 53.3 Å². The third kappa shape index (κ3) is 2.71. The van der Waals surface area contributed by atoms with Gasteiger partial charge in [0, 0.05) is 25.7 Å². The predicted octanol–water partition coefficient (Wildman–Crippen LogP) is 2.48. The fourth-order valence-electron chi connectivity index (χ4n) is 4.57. The van der Waals surface area contributed by atoms with Crippen molar-refractivity contribution < 1.29 is 19.3 Å². The summed E-state index contributed by atoms with van der Waals surface area (Å²) < 4.78 is 16.7. The van der Waals surface area contributed by atoms with Crippen molar-refractivity contribution in [3.63, 3.8) is 0 Å². The number of nitrogens with one attached hydrogen (secondary N) is 1. The van der Waals surface area contributed by atoms with Crippen molar-refractivity contribution in [1.82, 2.24) is 4.90 Å². The standard InChI is InChI=1S/C21H24N2O4/c1-25-18-3-2-13-8-17-15-10-20-19(26-12-27-20)9-14(15)4-6-23(17)11-16(13)21(18)22-5-7-24/h2-3,9-10,17,22,24H,4-8,11-12H2,1H3. The molecule has 3 aliphatic heterocycles. The summed E-state index contributed by atoms with van der Waals surface area (Å²) in [6.45, 7) is 2.82. The maximum Gasteiger partial charge on any atom is 0.231 e. The van der Waals surface area contributed by atoms with Gasteiger partial charge in [0.05, 0.1) is 19.4 Å². The van der Waals surface area contributed by atoms with Crippen molar-refractivity contribution in [1.29, 1.82) is 0 Å². The summed E-state index contributed by atoms with van der Waals surface area (Å²) in [5, 5.41) is 12.6. The summed E-state index contributed by atoms with van der Waals surface area (Å²) in [4.78, 5) is 2.54. The number of anilines is 1. The third-order valence-electron chi connectivity index (χ3n) is 5.88. The number of aliphatic hydroxyl groups is 1. The number of methoxy groups -OCH3 is 1. The van der Waals surface area contributed by atoms with E-state index in [1.165, 1.54) is 22.3 Å². The van der Waals surface area contributed by atoms with Crippen molar-refractivity contribution in [3.8, 4) is 17.2 Å². The second-order valence-corrected chi connectivity index (χ2v) is 7.28. The molecular weight excluding hydrogens is 344 g/mol. The van der Waals surface area contributed by atoms with Crippen LogP contribution in [-0.4, -0.2) is 43.6 Å². The van der Waals surface area contributed by atoms with E-state index in [0.29, 0.717) is 19.4 Å². The molecule has 0 amide bonds. The minimum Gasteiger partial charge on any atom is -0.495 e. The first-order valence-corrected chi connectivity index (χ1v) is 9.48. The van der Waals surface area contributed by atoms with Gasteiger partial charge in [-0.15, -0.1) is 0 Å². The van der Waals surface area contributed by atoms with Crippen LogP contribution in [0.25, 0.3) is 0 Å². The molecule has 0 radical (unpaired) electrons. The molecule has 6 nitrogen and oxygen atoms in total. The van der Waals surface area contributed by atoms with Crippen LogP contribution in [0.4, 0.5) is 5.69 Å². The number of hydrogen-bond donors (Lipinski definition) is 2. The van der Waals surface area contributed by atoms with E-state index in [1.54, 1.807) is 7.11 Å². The van der Waals surface area contributed by atoms with E-state index in [2.05, 4.69) is 28.4 Å². The highest BCUT2D eigenvalue weighted by Crippen LogP contribution is 2.46. The molecule has 0 saturated carbocycles. The Balaban J connectivity index is 1.53. The Kier molecular flexibility index (Phi) is 4.10. The number of hydrogen-bond acceptors (Lipinski definition) is 6. The van der Waals surface area contributed by atoms with Gasteiger partial charge in [-0.1, -0.05) is 6.07 Å². The topological polar surface area (TPSA) is 63.2 Å². The first-order chi connectivity index (χ1) is 13.3. The van der Waals surface area contributed by atoms with E-state index >= 15 is 0 Å². The lowest BCUT2D eigenvalue weighted by atomic mass is 9.83. The summed E-state index contributed by atoms with van der Waals surface area (Å²) >= 11 is 0. The van der Waals surface area contributed by atoms with E-state index < -0.39 is 0 Å². The number of ether oxygens (including phenoxy) is 3. The first kappa shape index (κ1) is 16.7. The second-order valence-electron chi connectivity index (χ2n) is 7.28. The van der Waals surface area contributed by atoms with Crippen molar-refractivity contribution >= 4 is 5.69 Å². The lowest BCUT2D eigenvalue weighted by molar-refractivity contribution is 0.160. The minimum absolute atomic E-state index is 0.0969. The number of fused-ring (bicyclic) bond motifs is 5. The van der Waals surface area contributed by atoms with Gasteiger partial charge in [-0.25, -0.2) is 0 Å². The Hall–Kier alpha value is -2.44. The zero-order chi connectivity index (χ0) is 18.4. The lowest BCUT2D eigenvalue weighted by Gasteiger charge is -2.42. The monoisotopic (exact) mass is 368 g/mol. The molecule has 0 fully saturated rings. The Morgan fingerprint density at radius 1 is 1.22 bits per heavy atom. The molecule has 2 aromatic rings. The Bertz CT molecular complexity index is 883. The molecule has 0 bridgehead atoms. The van der Waals surface area contributed by atoms with E-state index in [4.69, 9.17) is 14.2 Å². The van der Waals surface area contributed by atoms with Crippen LogP contribution >= 0.6 is 0 Å². The average Bonchev–Trinajstić information content (AvgIpc) is 3.16. The molecule has 0 aliphatic carbocycles. The summed E-state index contributed by atoms with van der Waals surface area (Å²) in [6.07, 6.45) is 1.97. The van der Waals surface area contributed by atoms with E-state index in [-0.39, 0.29) is 6.61 Å². The highest BCUT2D eigenvalue weighted by molar-refractivity contribution is 5.66. The van der Waals surface area contributed by atoms with Crippen LogP contribution in [-0.2, 0) is 19.4 Å². The fourth-order valence-corrected chi connectivity index (χ4v) is 4.57. The van der Waals surface area contributed by atoms with Gasteiger partial charge in [0.2, 0.25) is 6.79 Å². The minimum atomic E-state index is 0.0969. The maximum absolute atomic E-state index is 9.23. The van der Waals surface area contributed by atoms with Crippen LogP contribution in [0.5, 0.6) is 17.2 Å². The highest BCUT2D eigenvalue weighted by atomic mass is 16.7. The maximum atomic E-state index is 9.23. The first-order valence-electron chi connectivity index (χ1n) is 9.48. The lowest BCUT2D eigenvalue weighted by Crippen LogP contribution is -2.39. The predicted molar refractivity (Wildman–Crippen MR) is 102 cm³/mol. The zero-order valence-corrected chi connectivity index (χ0v) is 15.5. The molecule has 27 heavy (non-hydrogen) atoms. The van der Waals surface area contributed by atoms with E-state index in [9.17, 15) is 5.11 Å². The van der Waals surface area contributed by atoms with Crippen molar-refractivity contribution in [2.75, 3.05) is 38.9 Å². The third-order valence-corrected chi connectivity index (χ3v) is 5.88. The van der Waals surface area contributed by atoms with Crippen molar-refractivity contribution in [2.45, 2.75) is 25.4 Å². The van der Waals surface area contributed by atoms with Gasteiger partial charge in [-0.3, -0.25) is 4.90 Å². The largest absolute Gasteiger partial charge is 0.495 e. The summed E-state index contributed by atoms with van der Waals surface area (Å²) in [5.74, 6) is 2.57. The van der Waals surface area contributed by atoms with Gasteiger partial charge in [0.25, 0.3) is 0 Å². The SMILES string of the molecule is COc1ccc2c(c1NCCO)CN1CCc3cc4c(cc3C1C2)OCO4. The zero-order valence-electron chi connectivity index (χ0n) is 15.5. The van der Waals surface area contributed by atoms with Crippen LogP contribution in [0.15, 0.2) is 24.3 Å². The highest BCUT2D eigenvalue weighted by Gasteiger charge is 2.35. The average molecular weight is 368 g/mol. The molecule has 2 N–H and O–H groups in total. The number of nitrogens with zero attached hydrogens (tertiary/aromatic N) is 1. The fraction of sp³-hybridized carbons (Fsp3) is 0.429. The Morgan fingerprint density at radius 2 is 2.07 bits per heavy atom. The molecule has 6 heteroatoms. The number of aliphatic hydroxyl groups excluding tert-OH is 1. The molecule has 0 aromatic heterocycles. The summed E-state index contributed by atoms with van der Waals surface area (Å²) in [7, 11) is 1.69. The van der Waals surface area contributed by atoms with E-state index in [0.717, 1.165) is 48.9 Å². The Morgan fingerprint density at radius 3 is 2.89 bits per heavy atom. The quantitative estimate of drug-likeness (QED) is 0.865. The summed E-state index contributed by atoms with van der Waals surface area (Å²) in [5.41, 5.74) is 6.36. The van der Waals surface area contributed by atoms with Crippen LogP contribution in [0.2, 0.25) is 0 Å². The molecule has 1 atom stereocenters. The van der Waals surface area contributed by atoms with E-state index in [1.807, 2.05) is 6.07 Å². The van der Waals surface area contributed by atoms with Crippen LogP contribution < -0.4 is 19.5 Å². The van der Waals surface area contributed by atoms with Crippen molar-refractivity contribution in [2.24, 2.45) is 0 Å². The molecule has 3 aliphatic rings. The number of benzene rings is 2. The van der Waals surface area contributed by atoms with Crippen LogP contribution in [0.3, 0.4) is 0 Å². The summed E-state index contributed by atoms with van der Waals surface area (Å²) in [6, 6.07) is 8.89. The molecule has 0 spiro atoms. The molecule has 2 aromatic carbocycles. The van der Waals surface area contributed by atoms with Crippen LogP contribution in [0.1, 0.15) is 28.3 Å². The van der Waals surface area contributed by atoms with Gasteiger partial charge < -0.3 is 24.6 Å². The van der Waals surface area contributed by atoms with Gasteiger partial charge in [0.1, 0.15) is 5.75 Å². The van der Waals surface area contributed by atoms with Crippen LogP contribution in [0, 0.1) is 0 Å².